The van der Waals surface area contributed by atoms with E-state index in [0.29, 0.717) is 26.2 Å². The predicted molar refractivity (Wildman–Crippen MR) is 76.7 cm³/mol. The van der Waals surface area contributed by atoms with Gasteiger partial charge >= 0.3 is 0 Å². The molecule has 110 valence electrons. The van der Waals surface area contributed by atoms with Gasteiger partial charge in [-0.3, -0.25) is 4.79 Å². The average Bonchev–Trinajstić information content (AvgIpc) is 2.53. The summed E-state index contributed by atoms with van der Waals surface area (Å²) in [4.78, 5) is 13.8. The number of benzene rings is 1. The molecule has 0 atom stereocenters. The Morgan fingerprint density at radius 2 is 2.00 bits per heavy atom. The Labute approximate surface area is 119 Å². The van der Waals surface area contributed by atoms with Gasteiger partial charge in [0.1, 0.15) is 5.75 Å². The number of carbonyl (C=O) groups excluding carboxylic acids is 1. The van der Waals surface area contributed by atoms with E-state index < -0.39 is 0 Å². The van der Waals surface area contributed by atoms with Crippen LogP contribution in [0.3, 0.4) is 0 Å². The Morgan fingerprint density at radius 3 is 2.65 bits per heavy atom. The first kappa shape index (κ1) is 14.8. The molecule has 0 aromatic heterocycles. The van der Waals surface area contributed by atoms with Gasteiger partial charge < -0.3 is 19.7 Å². The van der Waals surface area contributed by atoms with Gasteiger partial charge in [-0.25, -0.2) is 0 Å². The van der Waals surface area contributed by atoms with E-state index in [1.54, 1.807) is 7.11 Å². The molecule has 1 heterocycles. The third-order valence-electron chi connectivity index (χ3n) is 3.37. The first-order valence-corrected chi connectivity index (χ1v) is 6.99. The van der Waals surface area contributed by atoms with E-state index in [1.165, 1.54) is 5.56 Å². The standard InChI is InChI=1S/C15H22N2O3/c1-19-14-4-2-13(3-5-14)12-16-7-6-15(18)17-8-10-20-11-9-17/h2-5,16H,6-12H2,1H3. The Bertz CT molecular complexity index is 414. The smallest absolute Gasteiger partial charge is 0.224 e. The van der Waals surface area contributed by atoms with Crippen molar-refractivity contribution in [2.75, 3.05) is 40.0 Å². The van der Waals surface area contributed by atoms with Crippen LogP contribution in [0.25, 0.3) is 0 Å². The lowest BCUT2D eigenvalue weighted by Gasteiger charge is -2.26. The molecule has 0 bridgehead atoms. The molecule has 0 aliphatic carbocycles. The molecule has 1 aromatic rings. The van der Waals surface area contributed by atoms with Crippen molar-refractivity contribution in [1.82, 2.24) is 10.2 Å². The maximum absolute atomic E-state index is 11.9. The average molecular weight is 278 g/mol. The summed E-state index contributed by atoms with van der Waals surface area (Å²) in [5, 5.41) is 3.29. The molecule has 1 fully saturated rings. The van der Waals surface area contributed by atoms with Crippen LogP contribution in [0.15, 0.2) is 24.3 Å². The molecule has 1 amide bonds. The molecule has 20 heavy (non-hydrogen) atoms. The fourth-order valence-electron chi connectivity index (χ4n) is 2.14. The van der Waals surface area contributed by atoms with Crippen LogP contribution < -0.4 is 10.1 Å². The minimum Gasteiger partial charge on any atom is -0.497 e. The summed E-state index contributed by atoms with van der Waals surface area (Å²) in [6, 6.07) is 7.93. The third kappa shape index (κ3) is 4.51. The minimum atomic E-state index is 0.204. The highest BCUT2D eigenvalue weighted by atomic mass is 16.5. The van der Waals surface area contributed by atoms with Gasteiger partial charge in [-0.2, -0.15) is 0 Å². The maximum Gasteiger partial charge on any atom is 0.224 e. The first-order chi connectivity index (χ1) is 9.79. The van der Waals surface area contributed by atoms with Crippen molar-refractivity contribution in [3.05, 3.63) is 29.8 Å². The maximum atomic E-state index is 11.9. The number of rotatable bonds is 6. The van der Waals surface area contributed by atoms with Gasteiger partial charge in [-0.1, -0.05) is 12.1 Å². The molecule has 1 aliphatic rings. The lowest BCUT2D eigenvalue weighted by Crippen LogP contribution is -2.41. The van der Waals surface area contributed by atoms with Gasteiger partial charge in [0, 0.05) is 32.6 Å². The number of ether oxygens (including phenoxy) is 2. The molecule has 5 nitrogen and oxygen atoms in total. The molecule has 1 aromatic carbocycles. The van der Waals surface area contributed by atoms with Crippen molar-refractivity contribution >= 4 is 5.91 Å². The number of methoxy groups -OCH3 is 1. The Kier molecular flexibility index (Phi) is 5.83. The molecule has 0 saturated carbocycles. The quantitative estimate of drug-likeness (QED) is 0.790. The van der Waals surface area contributed by atoms with Crippen LogP contribution in [0, 0.1) is 0 Å². The molecular formula is C15H22N2O3. The van der Waals surface area contributed by atoms with Crippen LogP contribution in [-0.4, -0.2) is 50.8 Å². The van der Waals surface area contributed by atoms with E-state index in [-0.39, 0.29) is 5.91 Å². The lowest BCUT2D eigenvalue weighted by atomic mass is 10.2. The Morgan fingerprint density at radius 1 is 1.30 bits per heavy atom. The van der Waals surface area contributed by atoms with Gasteiger partial charge in [0.15, 0.2) is 0 Å². The summed E-state index contributed by atoms with van der Waals surface area (Å²) in [6.45, 7) is 4.22. The Balaban J connectivity index is 1.64. The zero-order valence-corrected chi connectivity index (χ0v) is 11.9. The molecular weight excluding hydrogens is 256 g/mol. The summed E-state index contributed by atoms with van der Waals surface area (Å²) in [6.07, 6.45) is 0.538. The summed E-state index contributed by atoms with van der Waals surface area (Å²) in [7, 11) is 1.66. The van der Waals surface area contributed by atoms with E-state index in [2.05, 4.69) is 5.32 Å². The predicted octanol–water partition coefficient (Wildman–Crippen LogP) is 1.03. The van der Waals surface area contributed by atoms with E-state index in [4.69, 9.17) is 9.47 Å². The molecule has 1 saturated heterocycles. The lowest BCUT2D eigenvalue weighted by molar-refractivity contribution is -0.135. The largest absolute Gasteiger partial charge is 0.497 e. The topological polar surface area (TPSA) is 50.8 Å². The summed E-state index contributed by atoms with van der Waals surface area (Å²) in [5.74, 6) is 1.06. The number of morpholine rings is 1. The third-order valence-corrected chi connectivity index (χ3v) is 3.37. The van der Waals surface area contributed by atoms with Crippen LogP contribution in [0.5, 0.6) is 5.75 Å². The molecule has 0 spiro atoms. The fraction of sp³-hybridized carbons (Fsp3) is 0.533. The fourth-order valence-corrected chi connectivity index (χ4v) is 2.14. The molecule has 1 N–H and O–H groups in total. The highest BCUT2D eigenvalue weighted by Gasteiger charge is 2.15. The van der Waals surface area contributed by atoms with Gasteiger partial charge in [-0.05, 0) is 17.7 Å². The normalized spacial score (nSPS) is 15.2. The second-order valence-electron chi connectivity index (χ2n) is 4.77. The molecule has 0 unspecified atom stereocenters. The van der Waals surface area contributed by atoms with Crippen molar-refractivity contribution < 1.29 is 14.3 Å². The minimum absolute atomic E-state index is 0.204. The highest BCUT2D eigenvalue weighted by Crippen LogP contribution is 2.10. The van der Waals surface area contributed by atoms with Crippen LogP contribution in [0.4, 0.5) is 0 Å². The number of amides is 1. The highest BCUT2D eigenvalue weighted by molar-refractivity contribution is 5.76. The monoisotopic (exact) mass is 278 g/mol. The summed E-state index contributed by atoms with van der Waals surface area (Å²) >= 11 is 0. The summed E-state index contributed by atoms with van der Waals surface area (Å²) < 4.78 is 10.3. The van der Waals surface area contributed by atoms with E-state index in [1.807, 2.05) is 29.2 Å². The van der Waals surface area contributed by atoms with Crippen molar-refractivity contribution in [1.29, 1.82) is 0 Å². The van der Waals surface area contributed by atoms with Crippen molar-refractivity contribution in [2.45, 2.75) is 13.0 Å². The van der Waals surface area contributed by atoms with Crippen LogP contribution in [0.2, 0.25) is 0 Å². The number of nitrogens with zero attached hydrogens (tertiary/aromatic N) is 1. The van der Waals surface area contributed by atoms with Gasteiger partial charge in [0.2, 0.25) is 5.91 Å². The second kappa shape index (κ2) is 7.87. The van der Waals surface area contributed by atoms with Gasteiger partial charge in [-0.15, -0.1) is 0 Å². The van der Waals surface area contributed by atoms with E-state index in [9.17, 15) is 4.79 Å². The summed E-state index contributed by atoms with van der Waals surface area (Å²) in [5.41, 5.74) is 1.18. The zero-order chi connectivity index (χ0) is 14.2. The first-order valence-electron chi connectivity index (χ1n) is 6.99. The molecule has 0 radical (unpaired) electrons. The number of nitrogens with one attached hydrogen (secondary N) is 1. The number of hydrogen-bond acceptors (Lipinski definition) is 4. The van der Waals surface area contributed by atoms with Crippen molar-refractivity contribution in [3.8, 4) is 5.75 Å². The van der Waals surface area contributed by atoms with E-state index in [0.717, 1.165) is 25.4 Å². The SMILES string of the molecule is COc1ccc(CNCCC(=O)N2CCOCC2)cc1. The van der Waals surface area contributed by atoms with E-state index >= 15 is 0 Å². The van der Waals surface area contributed by atoms with Gasteiger partial charge in [0.05, 0.1) is 20.3 Å². The van der Waals surface area contributed by atoms with Crippen LogP contribution >= 0.6 is 0 Å². The van der Waals surface area contributed by atoms with Crippen molar-refractivity contribution in [3.63, 3.8) is 0 Å². The van der Waals surface area contributed by atoms with Crippen LogP contribution in [0.1, 0.15) is 12.0 Å². The second-order valence-corrected chi connectivity index (χ2v) is 4.77. The molecule has 5 heteroatoms. The van der Waals surface area contributed by atoms with Crippen LogP contribution in [-0.2, 0) is 16.1 Å². The molecule has 2 rings (SSSR count). The van der Waals surface area contributed by atoms with Crippen molar-refractivity contribution in [2.24, 2.45) is 0 Å². The number of hydrogen-bond donors (Lipinski definition) is 1. The van der Waals surface area contributed by atoms with Gasteiger partial charge in [0.25, 0.3) is 0 Å². The Hall–Kier alpha value is -1.59. The number of carbonyl (C=O) groups is 1. The molecule has 1 aliphatic heterocycles. The zero-order valence-electron chi connectivity index (χ0n) is 11.9.